The summed E-state index contributed by atoms with van der Waals surface area (Å²) in [5.41, 5.74) is 2.08. The molecule has 2 heterocycles. The van der Waals surface area contributed by atoms with Crippen LogP contribution in [0.25, 0.3) is 0 Å². The van der Waals surface area contributed by atoms with Crippen LogP contribution in [0.2, 0.25) is 0 Å². The Morgan fingerprint density at radius 1 is 1.28 bits per heavy atom. The Hall–Kier alpha value is -2.08. The Morgan fingerprint density at radius 3 is 2.72 bits per heavy atom. The molecule has 2 saturated heterocycles. The van der Waals surface area contributed by atoms with Gasteiger partial charge < -0.3 is 19.9 Å². The van der Waals surface area contributed by atoms with Crippen LogP contribution in [-0.2, 0) is 4.74 Å². The lowest BCUT2D eigenvalue weighted by Crippen LogP contribution is -2.38. The van der Waals surface area contributed by atoms with Gasteiger partial charge in [-0.2, -0.15) is 0 Å². The number of aryl methyl sites for hydroxylation is 1. The largest absolute Gasteiger partial charge is 0.376 e. The van der Waals surface area contributed by atoms with Crippen molar-refractivity contribution in [3.05, 3.63) is 29.3 Å². The number of likely N-dealkylation sites (tertiary alicyclic amines) is 1. The molecule has 1 unspecified atom stereocenters. The average molecular weight is 345 g/mol. The van der Waals surface area contributed by atoms with Gasteiger partial charge in [-0.3, -0.25) is 4.79 Å². The summed E-state index contributed by atoms with van der Waals surface area (Å²) < 4.78 is 5.59. The zero-order valence-corrected chi connectivity index (χ0v) is 15.1. The lowest BCUT2D eigenvalue weighted by atomic mass is 10.1. The van der Waals surface area contributed by atoms with Crippen molar-refractivity contribution in [3.63, 3.8) is 0 Å². The molecule has 3 rings (SSSR count). The van der Waals surface area contributed by atoms with Gasteiger partial charge in [0.05, 0.1) is 17.4 Å². The van der Waals surface area contributed by atoms with Crippen molar-refractivity contribution >= 4 is 17.6 Å². The molecule has 0 aromatic heterocycles. The molecule has 1 N–H and O–H groups in total. The summed E-state index contributed by atoms with van der Waals surface area (Å²) in [7, 11) is 1.76. The number of carbonyl (C=O) groups excluding carboxylic acids is 2. The Kier molecular flexibility index (Phi) is 5.58. The Bertz CT molecular complexity index is 635. The van der Waals surface area contributed by atoms with Crippen LogP contribution in [0.4, 0.5) is 10.5 Å². The van der Waals surface area contributed by atoms with E-state index in [-0.39, 0.29) is 18.0 Å². The van der Waals surface area contributed by atoms with Crippen molar-refractivity contribution in [2.45, 2.75) is 38.7 Å². The first-order valence-electron chi connectivity index (χ1n) is 9.09. The maximum atomic E-state index is 12.8. The minimum atomic E-state index is -0.208. The Labute approximate surface area is 149 Å². The van der Waals surface area contributed by atoms with Crippen molar-refractivity contribution in [1.82, 2.24) is 9.80 Å². The van der Waals surface area contributed by atoms with E-state index in [0.29, 0.717) is 17.8 Å². The topological polar surface area (TPSA) is 61.9 Å². The summed E-state index contributed by atoms with van der Waals surface area (Å²) >= 11 is 0. The van der Waals surface area contributed by atoms with Gasteiger partial charge >= 0.3 is 6.03 Å². The van der Waals surface area contributed by atoms with E-state index in [0.717, 1.165) is 50.9 Å². The second-order valence-corrected chi connectivity index (χ2v) is 6.94. The number of anilines is 1. The number of likely N-dealkylation sites (N-methyl/N-ethyl adjacent to an activating group) is 1. The van der Waals surface area contributed by atoms with Gasteiger partial charge in [0.25, 0.3) is 5.91 Å². The van der Waals surface area contributed by atoms with E-state index in [9.17, 15) is 9.59 Å². The normalized spacial score (nSPS) is 19.9. The lowest BCUT2D eigenvalue weighted by Gasteiger charge is -2.23. The molecule has 0 radical (unpaired) electrons. The first-order chi connectivity index (χ1) is 12.1. The number of nitrogens with one attached hydrogen (secondary N) is 1. The SMILES string of the molecule is Cc1cccc(C(=O)N2CCCC2)c1NC(=O)N(C)CC1CCCO1. The molecule has 25 heavy (non-hydrogen) atoms. The molecule has 2 aliphatic heterocycles. The van der Waals surface area contributed by atoms with Gasteiger partial charge in [-0.25, -0.2) is 4.79 Å². The molecular weight excluding hydrogens is 318 g/mol. The zero-order chi connectivity index (χ0) is 17.8. The van der Waals surface area contributed by atoms with Gasteiger partial charge in [-0.05, 0) is 44.2 Å². The standard InChI is InChI=1S/C19H27N3O3/c1-14-7-5-9-16(18(23)22-10-3-4-11-22)17(14)20-19(24)21(2)13-15-8-6-12-25-15/h5,7,9,15H,3-4,6,8,10-13H2,1-2H3,(H,20,24). The maximum absolute atomic E-state index is 12.8. The highest BCUT2D eigenvalue weighted by atomic mass is 16.5. The number of hydrogen-bond donors (Lipinski definition) is 1. The van der Waals surface area contributed by atoms with Crippen molar-refractivity contribution in [2.75, 3.05) is 38.6 Å². The van der Waals surface area contributed by atoms with Crippen LogP contribution in [-0.4, -0.2) is 61.1 Å². The molecule has 6 nitrogen and oxygen atoms in total. The Morgan fingerprint density at radius 2 is 2.04 bits per heavy atom. The highest BCUT2D eigenvalue weighted by molar-refractivity contribution is 6.04. The predicted molar refractivity (Wildman–Crippen MR) is 96.9 cm³/mol. The minimum Gasteiger partial charge on any atom is -0.376 e. The zero-order valence-electron chi connectivity index (χ0n) is 15.1. The smallest absolute Gasteiger partial charge is 0.321 e. The van der Waals surface area contributed by atoms with Crippen LogP contribution in [0.1, 0.15) is 41.6 Å². The summed E-state index contributed by atoms with van der Waals surface area (Å²) in [6.45, 7) is 4.83. The molecule has 2 aliphatic rings. The summed E-state index contributed by atoms with van der Waals surface area (Å²) in [6.07, 6.45) is 4.23. The molecule has 6 heteroatoms. The van der Waals surface area contributed by atoms with Gasteiger partial charge in [0.15, 0.2) is 0 Å². The van der Waals surface area contributed by atoms with Gasteiger partial charge in [-0.1, -0.05) is 12.1 Å². The summed E-state index contributed by atoms with van der Waals surface area (Å²) in [4.78, 5) is 28.9. The molecule has 0 bridgehead atoms. The van der Waals surface area contributed by atoms with E-state index >= 15 is 0 Å². The average Bonchev–Trinajstić information content (AvgIpc) is 3.29. The second-order valence-electron chi connectivity index (χ2n) is 6.94. The van der Waals surface area contributed by atoms with Crippen LogP contribution in [0, 0.1) is 6.92 Å². The molecule has 0 spiro atoms. The maximum Gasteiger partial charge on any atom is 0.321 e. The van der Waals surface area contributed by atoms with Crippen molar-refractivity contribution in [2.24, 2.45) is 0 Å². The third kappa shape index (κ3) is 4.12. The number of carbonyl (C=O) groups is 2. The number of ether oxygens (including phenoxy) is 1. The van der Waals surface area contributed by atoms with Crippen LogP contribution < -0.4 is 5.32 Å². The number of urea groups is 1. The Balaban J connectivity index is 1.72. The summed E-state index contributed by atoms with van der Waals surface area (Å²) in [6, 6.07) is 5.37. The van der Waals surface area contributed by atoms with E-state index in [4.69, 9.17) is 4.74 Å². The van der Waals surface area contributed by atoms with Gasteiger partial charge in [0.2, 0.25) is 0 Å². The highest BCUT2D eigenvalue weighted by Gasteiger charge is 2.25. The van der Waals surface area contributed by atoms with Crippen molar-refractivity contribution < 1.29 is 14.3 Å². The first kappa shape index (κ1) is 17.7. The molecule has 1 aromatic rings. The van der Waals surface area contributed by atoms with Crippen molar-refractivity contribution in [1.29, 1.82) is 0 Å². The van der Waals surface area contributed by atoms with Crippen LogP contribution in [0.3, 0.4) is 0 Å². The molecule has 2 fully saturated rings. The fourth-order valence-corrected chi connectivity index (χ4v) is 3.48. The predicted octanol–water partition coefficient (Wildman–Crippen LogP) is 2.87. The van der Waals surface area contributed by atoms with Crippen molar-refractivity contribution in [3.8, 4) is 0 Å². The van der Waals surface area contributed by atoms with E-state index in [2.05, 4.69) is 5.32 Å². The van der Waals surface area contributed by atoms with E-state index in [1.807, 2.05) is 24.0 Å². The van der Waals surface area contributed by atoms with E-state index in [1.54, 1.807) is 18.0 Å². The number of nitrogens with zero attached hydrogens (tertiary/aromatic N) is 2. The fraction of sp³-hybridized carbons (Fsp3) is 0.579. The fourth-order valence-electron chi connectivity index (χ4n) is 3.48. The third-order valence-corrected chi connectivity index (χ3v) is 4.98. The molecule has 1 aromatic carbocycles. The molecular formula is C19H27N3O3. The third-order valence-electron chi connectivity index (χ3n) is 4.98. The van der Waals surface area contributed by atoms with E-state index in [1.165, 1.54) is 0 Å². The number of hydrogen-bond acceptors (Lipinski definition) is 3. The number of benzene rings is 1. The minimum absolute atomic E-state index is 0.00159. The quantitative estimate of drug-likeness (QED) is 0.913. The van der Waals surface area contributed by atoms with Crippen LogP contribution in [0.5, 0.6) is 0 Å². The number of para-hydroxylation sites is 1. The number of amides is 3. The summed E-state index contributed by atoms with van der Waals surface area (Å²) in [5, 5.41) is 2.94. The van der Waals surface area contributed by atoms with Crippen LogP contribution >= 0.6 is 0 Å². The van der Waals surface area contributed by atoms with Crippen LogP contribution in [0.15, 0.2) is 18.2 Å². The first-order valence-corrected chi connectivity index (χ1v) is 9.09. The summed E-state index contributed by atoms with van der Waals surface area (Å²) in [5.74, 6) is -0.00159. The number of rotatable bonds is 4. The van der Waals surface area contributed by atoms with Gasteiger partial charge in [0.1, 0.15) is 0 Å². The highest BCUT2D eigenvalue weighted by Crippen LogP contribution is 2.24. The monoisotopic (exact) mass is 345 g/mol. The van der Waals surface area contributed by atoms with E-state index < -0.39 is 0 Å². The molecule has 3 amide bonds. The molecule has 0 aliphatic carbocycles. The second kappa shape index (κ2) is 7.87. The van der Waals surface area contributed by atoms with Gasteiger partial charge in [-0.15, -0.1) is 0 Å². The molecule has 1 atom stereocenters. The van der Waals surface area contributed by atoms with Gasteiger partial charge in [0, 0.05) is 33.3 Å². The lowest BCUT2D eigenvalue weighted by molar-refractivity contribution is 0.0793. The molecule has 136 valence electrons. The molecule has 0 saturated carbocycles.